The lowest BCUT2D eigenvalue weighted by atomic mass is 10.2. The summed E-state index contributed by atoms with van der Waals surface area (Å²) in [7, 11) is 0. The van der Waals surface area contributed by atoms with Crippen molar-refractivity contribution < 1.29 is 0 Å². The van der Waals surface area contributed by atoms with Crippen LogP contribution in [0.25, 0.3) is 10.9 Å². The molecular weight excluding hydrogens is 374 g/mol. The summed E-state index contributed by atoms with van der Waals surface area (Å²) < 4.78 is 1.76. The standard InChI is InChI=1S/C21H22ClN5O/c22-18-12-23-6-5-20(18)26-9-7-25(8-10-26)16-3-4-17-19(11-16)24-14-27(21(17)28)13-15-1-2-15/h3-6,11-12,14-15H,1-2,7-10,13H2. The SMILES string of the molecule is O=c1c2ccc(N3CCN(c4ccncc4Cl)CC3)cc2ncn1CC1CC1. The van der Waals surface area contributed by atoms with E-state index in [1.54, 1.807) is 23.3 Å². The van der Waals surface area contributed by atoms with E-state index in [1.807, 2.05) is 24.3 Å². The first kappa shape index (κ1) is 17.5. The average molecular weight is 396 g/mol. The van der Waals surface area contributed by atoms with Crippen molar-refractivity contribution in [3.8, 4) is 0 Å². The van der Waals surface area contributed by atoms with Crippen molar-refractivity contribution in [3.63, 3.8) is 0 Å². The summed E-state index contributed by atoms with van der Waals surface area (Å²) in [5.41, 5.74) is 2.99. The monoisotopic (exact) mass is 395 g/mol. The maximum absolute atomic E-state index is 12.7. The van der Waals surface area contributed by atoms with Crippen molar-refractivity contribution >= 4 is 33.9 Å². The number of hydrogen-bond acceptors (Lipinski definition) is 5. The minimum Gasteiger partial charge on any atom is -0.368 e. The van der Waals surface area contributed by atoms with Crippen LogP contribution in [0.3, 0.4) is 0 Å². The van der Waals surface area contributed by atoms with E-state index in [0.29, 0.717) is 16.3 Å². The van der Waals surface area contributed by atoms with Crippen LogP contribution in [0.4, 0.5) is 11.4 Å². The molecule has 0 radical (unpaired) electrons. The first-order valence-electron chi connectivity index (χ1n) is 9.77. The average Bonchev–Trinajstić information content (AvgIpc) is 3.55. The molecule has 2 fully saturated rings. The van der Waals surface area contributed by atoms with Gasteiger partial charge >= 0.3 is 0 Å². The quantitative estimate of drug-likeness (QED) is 0.679. The van der Waals surface area contributed by atoms with Crippen molar-refractivity contribution in [2.75, 3.05) is 36.0 Å². The van der Waals surface area contributed by atoms with Gasteiger partial charge in [0.05, 0.1) is 27.9 Å². The van der Waals surface area contributed by atoms with Gasteiger partial charge in [-0.15, -0.1) is 0 Å². The molecule has 1 aromatic carbocycles. The van der Waals surface area contributed by atoms with Gasteiger partial charge in [0.15, 0.2) is 0 Å². The molecule has 1 aliphatic carbocycles. The Morgan fingerprint density at radius 3 is 2.61 bits per heavy atom. The second-order valence-electron chi connectivity index (χ2n) is 7.65. The highest BCUT2D eigenvalue weighted by atomic mass is 35.5. The first-order chi connectivity index (χ1) is 13.7. The third kappa shape index (κ3) is 3.33. The Kier molecular flexibility index (Phi) is 4.43. The summed E-state index contributed by atoms with van der Waals surface area (Å²) in [4.78, 5) is 25.9. The van der Waals surface area contributed by atoms with E-state index in [1.165, 1.54) is 12.8 Å². The number of pyridine rings is 1. The predicted octanol–water partition coefficient (Wildman–Crippen LogP) is 3.18. The van der Waals surface area contributed by atoms with Crippen LogP contribution in [-0.2, 0) is 6.54 Å². The zero-order valence-electron chi connectivity index (χ0n) is 15.6. The highest BCUT2D eigenvalue weighted by molar-refractivity contribution is 6.33. The van der Waals surface area contributed by atoms with Gasteiger partial charge in [-0.3, -0.25) is 14.3 Å². The molecule has 1 aliphatic heterocycles. The van der Waals surface area contributed by atoms with Gasteiger partial charge in [-0.2, -0.15) is 0 Å². The molecule has 28 heavy (non-hydrogen) atoms. The Morgan fingerprint density at radius 1 is 1.07 bits per heavy atom. The Hall–Kier alpha value is -2.60. The number of piperazine rings is 1. The lowest BCUT2D eigenvalue weighted by Crippen LogP contribution is -2.46. The maximum atomic E-state index is 12.7. The number of anilines is 2. The number of halogens is 1. The number of nitrogens with zero attached hydrogens (tertiary/aromatic N) is 5. The second kappa shape index (κ2) is 7.09. The summed E-state index contributed by atoms with van der Waals surface area (Å²) in [6, 6.07) is 7.97. The molecule has 0 N–H and O–H groups in total. The zero-order valence-corrected chi connectivity index (χ0v) is 16.3. The fourth-order valence-electron chi connectivity index (χ4n) is 3.88. The molecular formula is C21H22ClN5O. The molecule has 0 amide bonds. The van der Waals surface area contributed by atoms with Crippen molar-refractivity contribution in [1.82, 2.24) is 14.5 Å². The molecule has 0 spiro atoms. The van der Waals surface area contributed by atoms with Crippen molar-refractivity contribution in [3.05, 3.63) is 58.4 Å². The van der Waals surface area contributed by atoms with Gasteiger partial charge in [0, 0.05) is 50.8 Å². The molecule has 1 saturated heterocycles. The van der Waals surface area contributed by atoms with E-state index in [9.17, 15) is 4.79 Å². The van der Waals surface area contributed by atoms with Gasteiger partial charge in [0.25, 0.3) is 5.56 Å². The topological polar surface area (TPSA) is 54.3 Å². The van der Waals surface area contributed by atoms with E-state index < -0.39 is 0 Å². The van der Waals surface area contributed by atoms with E-state index >= 15 is 0 Å². The van der Waals surface area contributed by atoms with E-state index in [-0.39, 0.29) is 5.56 Å². The van der Waals surface area contributed by atoms with Gasteiger partial charge in [0.1, 0.15) is 0 Å². The number of benzene rings is 1. The lowest BCUT2D eigenvalue weighted by molar-refractivity contribution is 0.602. The van der Waals surface area contributed by atoms with Crippen LogP contribution in [0.5, 0.6) is 0 Å². The summed E-state index contributed by atoms with van der Waals surface area (Å²) in [5, 5.41) is 1.39. The molecule has 3 heterocycles. The summed E-state index contributed by atoms with van der Waals surface area (Å²) in [6.07, 6.45) is 7.61. The number of fused-ring (bicyclic) bond motifs is 1. The minimum atomic E-state index is 0.0700. The van der Waals surface area contributed by atoms with E-state index in [2.05, 4.69) is 19.8 Å². The normalized spacial score (nSPS) is 17.3. The molecule has 2 aromatic heterocycles. The van der Waals surface area contributed by atoms with Crippen LogP contribution < -0.4 is 15.4 Å². The highest BCUT2D eigenvalue weighted by Crippen LogP contribution is 2.30. The molecule has 1 saturated carbocycles. The van der Waals surface area contributed by atoms with Gasteiger partial charge in [-0.1, -0.05) is 11.6 Å². The summed E-state index contributed by atoms with van der Waals surface area (Å²) in [5.74, 6) is 0.654. The fraction of sp³-hybridized carbons (Fsp3) is 0.381. The van der Waals surface area contributed by atoms with Crippen LogP contribution in [0, 0.1) is 5.92 Å². The number of hydrogen-bond donors (Lipinski definition) is 0. The van der Waals surface area contributed by atoms with E-state index in [4.69, 9.17) is 11.6 Å². The van der Waals surface area contributed by atoms with Crippen LogP contribution in [0.15, 0.2) is 47.8 Å². The lowest BCUT2D eigenvalue weighted by Gasteiger charge is -2.37. The largest absolute Gasteiger partial charge is 0.368 e. The van der Waals surface area contributed by atoms with Crippen LogP contribution in [0.2, 0.25) is 5.02 Å². The third-order valence-electron chi connectivity index (χ3n) is 5.70. The Labute approximate surface area is 168 Å². The molecule has 3 aromatic rings. The molecule has 0 bridgehead atoms. The van der Waals surface area contributed by atoms with Gasteiger partial charge in [0.2, 0.25) is 0 Å². The van der Waals surface area contributed by atoms with Crippen molar-refractivity contribution in [2.45, 2.75) is 19.4 Å². The number of rotatable bonds is 4. The molecule has 144 valence electrons. The summed E-state index contributed by atoms with van der Waals surface area (Å²) >= 11 is 6.28. The minimum absolute atomic E-state index is 0.0700. The molecule has 6 nitrogen and oxygen atoms in total. The molecule has 2 aliphatic rings. The Balaban J connectivity index is 1.34. The fourth-order valence-corrected chi connectivity index (χ4v) is 4.12. The van der Waals surface area contributed by atoms with Gasteiger partial charge in [-0.25, -0.2) is 4.98 Å². The van der Waals surface area contributed by atoms with Crippen LogP contribution >= 0.6 is 11.6 Å². The Bertz CT molecular complexity index is 1070. The Morgan fingerprint density at radius 2 is 1.86 bits per heavy atom. The summed E-state index contributed by atoms with van der Waals surface area (Å²) in [6.45, 7) is 4.35. The van der Waals surface area contributed by atoms with Gasteiger partial charge < -0.3 is 9.80 Å². The smallest absolute Gasteiger partial charge is 0.261 e. The third-order valence-corrected chi connectivity index (χ3v) is 5.99. The first-order valence-corrected chi connectivity index (χ1v) is 10.2. The maximum Gasteiger partial charge on any atom is 0.261 e. The van der Waals surface area contributed by atoms with Crippen molar-refractivity contribution in [1.29, 1.82) is 0 Å². The van der Waals surface area contributed by atoms with Crippen LogP contribution in [-0.4, -0.2) is 40.7 Å². The molecule has 5 rings (SSSR count). The molecule has 7 heteroatoms. The van der Waals surface area contributed by atoms with Crippen LogP contribution in [0.1, 0.15) is 12.8 Å². The highest BCUT2D eigenvalue weighted by Gasteiger charge is 2.23. The van der Waals surface area contributed by atoms with Crippen molar-refractivity contribution in [2.24, 2.45) is 5.92 Å². The zero-order chi connectivity index (χ0) is 19.1. The molecule has 0 atom stereocenters. The van der Waals surface area contributed by atoms with E-state index in [0.717, 1.165) is 49.6 Å². The number of aromatic nitrogens is 3. The molecule has 0 unspecified atom stereocenters. The second-order valence-corrected chi connectivity index (χ2v) is 8.06. The van der Waals surface area contributed by atoms with Gasteiger partial charge in [-0.05, 0) is 43.0 Å². The predicted molar refractivity (Wildman–Crippen MR) is 112 cm³/mol.